The minimum atomic E-state index is -2.38. The molecule has 2 aliphatic heterocycles. The number of carbonyl (C=O) groups is 1. The first kappa shape index (κ1) is 61.6. The molecule has 0 radical (unpaired) electrons. The lowest BCUT2D eigenvalue weighted by atomic mass is 9.83. The normalized spacial score (nSPS) is 40.7. The molecular weight excluding hydrogens is 879 g/mol. The largest absolute Gasteiger partial charge is 0.458 e. The van der Waals surface area contributed by atoms with Crippen molar-refractivity contribution in [2.75, 3.05) is 13.6 Å². The number of nitrogens with two attached hydrogens (primary N) is 1. The topological polar surface area (TPSA) is 308 Å². The Kier molecular flexibility index (Phi) is 28.1. The Morgan fingerprint density at radius 2 is 1.40 bits per heavy atom. The van der Waals surface area contributed by atoms with E-state index in [1.54, 1.807) is 46.9 Å². The molecule has 20 atom stereocenters. The second-order valence-corrected chi connectivity index (χ2v) is 20.6. The number of ether oxygens (including phenoxy) is 2. The Morgan fingerprint density at radius 3 is 2.06 bits per heavy atom. The molecule has 14 N–H and O–H groups in total. The highest BCUT2D eigenvalue weighted by Gasteiger charge is 2.50. The van der Waals surface area contributed by atoms with Crippen LogP contribution in [0.2, 0.25) is 0 Å². The summed E-state index contributed by atoms with van der Waals surface area (Å²) in [7, 11) is 1.64. The van der Waals surface area contributed by atoms with Crippen molar-refractivity contribution >= 4 is 11.9 Å². The zero-order valence-electron chi connectivity index (χ0n) is 42.2. The fraction of sp³-hybridized carbons (Fsp3) is 0.843. The molecule has 0 spiro atoms. The smallest absolute Gasteiger partial charge is 0.330 e. The summed E-state index contributed by atoms with van der Waals surface area (Å²) < 4.78 is 11.9. The van der Waals surface area contributed by atoms with Crippen molar-refractivity contribution in [2.45, 2.75) is 217 Å². The molecule has 1 saturated heterocycles. The van der Waals surface area contributed by atoms with E-state index in [2.05, 4.69) is 29.4 Å². The number of cyclic esters (lactones) is 1. The second-order valence-electron chi connectivity index (χ2n) is 20.6. The third-order valence-electron chi connectivity index (χ3n) is 14.4. The van der Waals surface area contributed by atoms with Gasteiger partial charge in [0.2, 0.25) is 0 Å². The molecule has 0 aliphatic carbocycles. The Labute approximate surface area is 406 Å². The maximum absolute atomic E-state index is 13.4. The standard InChI is InChI=1S/C51H93N3O14/c1-30(15-13-11-9-10-12-14-22-54-50(52)53-8)23-34(5)48-33(4)17-20-41(58)35(6)43(60)26-38(56)24-37(55)25-39-27-45(62)49(65)51(66,68-39)29-46(63)32(3)16-19-40(57)36(7)44(61)28-42(59)31(2)18-21-47(64)67-48/h9-10,17-18,20-21,30-46,48-49,55-63,65-66H,11-16,19,22-29H2,1-8H3,(H3,52,53,54)/b10-9+,20-17+,21-18-. The van der Waals surface area contributed by atoms with E-state index in [-0.39, 0.29) is 56.8 Å². The fourth-order valence-corrected chi connectivity index (χ4v) is 9.34. The second kappa shape index (κ2) is 31.0. The number of unbranched alkanes of at least 4 members (excludes halogenated alkanes) is 2. The van der Waals surface area contributed by atoms with Crippen molar-refractivity contribution in [3.63, 3.8) is 0 Å². The number of aliphatic hydroxyl groups is 11. The van der Waals surface area contributed by atoms with Crippen molar-refractivity contribution in [2.24, 2.45) is 52.2 Å². The van der Waals surface area contributed by atoms with Gasteiger partial charge in [-0.3, -0.25) is 4.99 Å². The zero-order chi connectivity index (χ0) is 51.3. The summed E-state index contributed by atoms with van der Waals surface area (Å²) in [5, 5.41) is 124. The van der Waals surface area contributed by atoms with Crippen LogP contribution in [0.5, 0.6) is 0 Å². The number of hydrogen-bond donors (Lipinski definition) is 13. The highest BCUT2D eigenvalue weighted by Crippen LogP contribution is 2.36. The van der Waals surface area contributed by atoms with Gasteiger partial charge in [-0.15, -0.1) is 0 Å². The van der Waals surface area contributed by atoms with Crippen LogP contribution in [0.15, 0.2) is 41.4 Å². The van der Waals surface area contributed by atoms with Gasteiger partial charge in [0.25, 0.3) is 0 Å². The molecule has 68 heavy (non-hydrogen) atoms. The van der Waals surface area contributed by atoms with Crippen molar-refractivity contribution in [1.29, 1.82) is 0 Å². The van der Waals surface area contributed by atoms with Crippen molar-refractivity contribution in [1.82, 2.24) is 5.32 Å². The van der Waals surface area contributed by atoms with Crippen LogP contribution in [0.25, 0.3) is 0 Å². The Balaban J connectivity index is 2.28. The molecule has 396 valence electrons. The van der Waals surface area contributed by atoms with Gasteiger partial charge >= 0.3 is 5.97 Å². The lowest BCUT2D eigenvalue weighted by molar-refractivity contribution is -0.333. The molecule has 0 aromatic heterocycles. The summed E-state index contributed by atoms with van der Waals surface area (Å²) in [5.74, 6) is -5.26. The Hall–Kier alpha value is -2.52. The highest BCUT2D eigenvalue weighted by atomic mass is 16.7. The van der Waals surface area contributed by atoms with Gasteiger partial charge in [-0.1, -0.05) is 85.3 Å². The number of aliphatic hydroxyl groups excluding tert-OH is 10. The molecule has 2 aliphatic rings. The van der Waals surface area contributed by atoms with Gasteiger partial charge in [-0.2, -0.15) is 0 Å². The van der Waals surface area contributed by atoms with Crippen LogP contribution >= 0.6 is 0 Å². The first-order chi connectivity index (χ1) is 31.9. The molecule has 17 heteroatoms. The summed E-state index contributed by atoms with van der Waals surface area (Å²) in [4.78, 5) is 17.3. The molecule has 2 bridgehead atoms. The van der Waals surface area contributed by atoms with E-state index in [9.17, 15) is 61.0 Å². The molecule has 1 fully saturated rings. The third kappa shape index (κ3) is 21.9. The number of fused-ring (bicyclic) bond motifs is 2. The van der Waals surface area contributed by atoms with Gasteiger partial charge in [-0.25, -0.2) is 4.79 Å². The summed E-state index contributed by atoms with van der Waals surface area (Å²) in [6, 6.07) is 0. The maximum Gasteiger partial charge on any atom is 0.330 e. The molecule has 0 saturated carbocycles. The highest BCUT2D eigenvalue weighted by molar-refractivity contribution is 5.82. The molecule has 20 unspecified atom stereocenters. The van der Waals surface area contributed by atoms with Crippen LogP contribution in [0, 0.1) is 41.4 Å². The Bertz CT molecular complexity index is 1540. The van der Waals surface area contributed by atoms with Gasteiger partial charge in [0.15, 0.2) is 11.7 Å². The van der Waals surface area contributed by atoms with E-state index in [0.717, 1.165) is 45.1 Å². The van der Waals surface area contributed by atoms with E-state index in [1.165, 1.54) is 12.2 Å². The van der Waals surface area contributed by atoms with E-state index in [4.69, 9.17) is 15.2 Å². The van der Waals surface area contributed by atoms with Crippen molar-refractivity contribution in [3.8, 4) is 0 Å². The lowest BCUT2D eigenvalue weighted by Crippen LogP contribution is -2.59. The van der Waals surface area contributed by atoms with Crippen LogP contribution in [0.1, 0.15) is 138 Å². The predicted molar refractivity (Wildman–Crippen MR) is 262 cm³/mol. The SMILES string of the molecule is CN=C(N)NCCC/C=C/CCCC(C)CC(C)C1OC(=O)/C=C\C(C)C(O)CC(O)C(C)C(O)CCC(C)C(O)CC2(O)OC(CC(O)CC(O)CC(O)C(C)C(O)/C=C/C1C)CC(O)C2O. The zero-order valence-corrected chi connectivity index (χ0v) is 42.2. The number of carbonyl (C=O) groups excluding carboxylic acids is 1. The van der Waals surface area contributed by atoms with E-state index in [0.29, 0.717) is 11.9 Å². The molecule has 0 aromatic rings. The molecule has 0 aromatic carbocycles. The number of nitrogens with zero attached hydrogens (tertiary/aromatic N) is 1. The minimum Gasteiger partial charge on any atom is -0.458 e. The van der Waals surface area contributed by atoms with Crippen LogP contribution < -0.4 is 11.1 Å². The monoisotopic (exact) mass is 972 g/mol. The average Bonchev–Trinajstić information content (AvgIpc) is 3.27. The van der Waals surface area contributed by atoms with Gasteiger partial charge < -0.3 is 76.7 Å². The number of aliphatic imine (C=N–C) groups is 1. The van der Waals surface area contributed by atoms with Crippen LogP contribution in [0.4, 0.5) is 0 Å². The van der Waals surface area contributed by atoms with Crippen LogP contribution in [-0.2, 0) is 14.3 Å². The van der Waals surface area contributed by atoms with Crippen molar-refractivity contribution < 1.29 is 70.4 Å². The predicted octanol–water partition coefficient (Wildman–Crippen LogP) is 2.73. The Morgan fingerprint density at radius 1 is 0.765 bits per heavy atom. The molecule has 0 amide bonds. The fourth-order valence-electron chi connectivity index (χ4n) is 9.34. The molecular formula is C51H93N3O14. The number of guanidine groups is 1. The van der Waals surface area contributed by atoms with Crippen LogP contribution in [0.3, 0.4) is 0 Å². The average molecular weight is 972 g/mol. The quantitative estimate of drug-likeness (QED) is 0.0466. The van der Waals surface area contributed by atoms with Crippen LogP contribution in [-0.4, -0.2) is 161 Å². The minimum absolute atomic E-state index is 0.0944. The first-order valence-electron chi connectivity index (χ1n) is 25.3. The molecule has 2 rings (SSSR count). The summed E-state index contributed by atoms with van der Waals surface area (Å²) in [6.07, 6.45) is 1.10. The summed E-state index contributed by atoms with van der Waals surface area (Å²) in [6.45, 7) is 13.5. The van der Waals surface area contributed by atoms with Gasteiger partial charge in [0, 0.05) is 62.6 Å². The third-order valence-corrected chi connectivity index (χ3v) is 14.4. The van der Waals surface area contributed by atoms with E-state index < -0.39 is 115 Å². The molecule has 17 nitrogen and oxygen atoms in total. The van der Waals surface area contributed by atoms with Crippen molar-refractivity contribution in [3.05, 3.63) is 36.5 Å². The first-order valence-corrected chi connectivity index (χ1v) is 25.3. The lowest BCUT2D eigenvalue weighted by Gasteiger charge is -2.45. The van der Waals surface area contributed by atoms with Gasteiger partial charge in [-0.05, 0) is 82.0 Å². The summed E-state index contributed by atoms with van der Waals surface area (Å²) >= 11 is 0. The number of allylic oxidation sites excluding steroid dienone is 2. The number of nitrogens with one attached hydrogen (secondary N) is 1. The van der Waals surface area contributed by atoms with E-state index in [1.807, 2.05) is 13.8 Å². The summed E-state index contributed by atoms with van der Waals surface area (Å²) in [5.41, 5.74) is 5.67. The van der Waals surface area contributed by atoms with Gasteiger partial charge in [0.1, 0.15) is 12.2 Å². The maximum atomic E-state index is 13.4. The number of esters is 1. The van der Waals surface area contributed by atoms with Gasteiger partial charge in [0.05, 0.1) is 61.0 Å². The number of hydrogen-bond acceptors (Lipinski definition) is 15. The van der Waals surface area contributed by atoms with E-state index >= 15 is 0 Å². The number of rotatable bonds is 11. The molecule has 2 heterocycles.